The van der Waals surface area contributed by atoms with Gasteiger partial charge in [0.05, 0.1) is 5.38 Å². The van der Waals surface area contributed by atoms with Crippen molar-refractivity contribution in [1.82, 2.24) is 0 Å². The lowest BCUT2D eigenvalue weighted by Crippen LogP contribution is -1.97. The van der Waals surface area contributed by atoms with E-state index in [9.17, 15) is 0 Å². The second kappa shape index (κ2) is 4.86. The van der Waals surface area contributed by atoms with Crippen LogP contribution in [0.1, 0.15) is 36.6 Å². The third-order valence-corrected chi connectivity index (χ3v) is 6.06. The van der Waals surface area contributed by atoms with Gasteiger partial charge in [0.25, 0.3) is 0 Å². The highest BCUT2D eigenvalue weighted by Crippen LogP contribution is 2.62. The number of alkyl halides is 1. The maximum atomic E-state index is 6.70. The van der Waals surface area contributed by atoms with E-state index in [1.54, 1.807) is 0 Å². The molecule has 0 radical (unpaired) electrons. The highest BCUT2D eigenvalue weighted by molar-refractivity contribution is 9.11. The molecule has 0 nitrogen and oxygen atoms in total. The van der Waals surface area contributed by atoms with Gasteiger partial charge in [-0.25, -0.2) is 0 Å². The van der Waals surface area contributed by atoms with Crippen LogP contribution in [0.2, 0.25) is 0 Å². The zero-order chi connectivity index (χ0) is 12.0. The van der Waals surface area contributed by atoms with Crippen LogP contribution in [-0.2, 0) is 0 Å². The van der Waals surface area contributed by atoms with Crippen LogP contribution in [0, 0.1) is 17.8 Å². The zero-order valence-electron chi connectivity index (χ0n) is 9.50. The maximum Gasteiger partial charge on any atom is 0.0630 e. The molecule has 3 atom stereocenters. The molecule has 1 aromatic carbocycles. The van der Waals surface area contributed by atoms with E-state index in [4.69, 9.17) is 11.6 Å². The highest BCUT2D eigenvalue weighted by atomic mass is 79.9. The van der Waals surface area contributed by atoms with Gasteiger partial charge in [-0.05, 0) is 54.4 Å². The smallest absolute Gasteiger partial charge is 0.0630 e. The molecule has 3 unspecified atom stereocenters. The van der Waals surface area contributed by atoms with Crippen LogP contribution in [0.3, 0.4) is 0 Å². The maximum absolute atomic E-state index is 6.70. The van der Waals surface area contributed by atoms with Gasteiger partial charge < -0.3 is 0 Å². The Morgan fingerprint density at radius 2 is 1.76 bits per heavy atom. The molecule has 2 saturated carbocycles. The number of hydrogen-bond acceptors (Lipinski definition) is 0. The van der Waals surface area contributed by atoms with Crippen molar-refractivity contribution in [1.29, 1.82) is 0 Å². The average molecular weight is 379 g/mol. The second-order valence-corrected chi connectivity index (χ2v) is 7.50. The molecule has 2 aliphatic carbocycles. The van der Waals surface area contributed by atoms with Gasteiger partial charge in [-0.15, -0.1) is 11.6 Å². The van der Waals surface area contributed by atoms with Gasteiger partial charge in [0.1, 0.15) is 0 Å². The van der Waals surface area contributed by atoms with Crippen LogP contribution < -0.4 is 0 Å². The van der Waals surface area contributed by atoms with E-state index in [2.05, 4.69) is 50.1 Å². The summed E-state index contributed by atoms with van der Waals surface area (Å²) < 4.78 is 2.26. The number of hydrogen-bond donors (Lipinski definition) is 0. The fourth-order valence-electron chi connectivity index (χ4n) is 3.42. The molecule has 17 heavy (non-hydrogen) atoms. The summed E-state index contributed by atoms with van der Waals surface area (Å²) in [5.74, 6) is 2.51. The molecule has 0 amide bonds. The molecule has 0 saturated heterocycles. The van der Waals surface area contributed by atoms with Crippen LogP contribution in [0.15, 0.2) is 27.1 Å². The lowest BCUT2D eigenvalue weighted by molar-refractivity contribution is 0.480. The minimum Gasteiger partial charge on any atom is -0.117 e. The molecule has 2 fully saturated rings. The monoisotopic (exact) mass is 376 g/mol. The molecule has 0 aliphatic heterocycles. The average Bonchev–Trinajstić information content (AvgIpc) is 3.05. The molecular formula is C14H15Br2Cl. The Kier molecular flexibility index (Phi) is 3.58. The normalized spacial score (nSPS) is 33.0. The van der Waals surface area contributed by atoms with Crippen molar-refractivity contribution in [2.75, 3.05) is 0 Å². The SMILES string of the molecule is ClC(c1cc(Br)ccc1Br)C1C2CCCCC21. The molecular weight excluding hydrogens is 363 g/mol. The Hall–Kier alpha value is 0.470. The summed E-state index contributed by atoms with van der Waals surface area (Å²) in [5, 5.41) is 0.176. The number of rotatable bonds is 2. The quantitative estimate of drug-likeness (QED) is 0.560. The molecule has 2 aliphatic rings. The molecule has 0 heterocycles. The van der Waals surface area contributed by atoms with E-state index < -0.39 is 0 Å². The van der Waals surface area contributed by atoms with Gasteiger partial charge in [-0.3, -0.25) is 0 Å². The first-order valence-electron chi connectivity index (χ1n) is 6.27. The summed E-state index contributed by atoms with van der Waals surface area (Å²) in [4.78, 5) is 0. The van der Waals surface area contributed by atoms with Gasteiger partial charge in [0.2, 0.25) is 0 Å². The van der Waals surface area contributed by atoms with E-state index >= 15 is 0 Å². The third-order valence-electron chi connectivity index (χ3n) is 4.32. The predicted octanol–water partition coefficient (Wildman–Crippen LogP) is 5.93. The summed E-state index contributed by atoms with van der Waals surface area (Å²) in [5.41, 5.74) is 1.25. The largest absolute Gasteiger partial charge is 0.117 e. The van der Waals surface area contributed by atoms with E-state index in [1.165, 1.54) is 31.2 Å². The molecule has 0 N–H and O–H groups in total. The Morgan fingerprint density at radius 1 is 1.12 bits per heavy atom. The van der Waals surface area contributed by atoms with Crippen molar-refractivity contribution >= 4 is 43.5 Å². The van der Waals surface area contributed by atoms with Crippen molar-refractivity contribution in [2.24, 2.45) is 17.8 Å². The van der Waals surface area contributed by atoms with Gasteiger partial charge in [-0.2, -0.15) is 0 Å². The van der Waals surface area contributed by atoms with Crippen LogP contribution >= 0.6 is 43.5 Å². The molecule has 0 aromatic heterocycles. The van der Waals surface area contributed by atoms with E-state index in [1.807, 2.05) is 0 Å². The van der Waals surface area contributed by atoms with Gasteiger partial charge >= 0.3 is 0 Å². The minimum atomic E-state index is 0.176. The Balaban J connectivity index is 1.82. The first-order valence-corrected chi connectivity index (χ1v) is 8.30. The van der Waals surface area contributed by atoms with Crippen LogP contribution in [0.25, 0.3) is 0 Å². The Morgan fingerprint density at radius 3 is 2.41 bits per heavy atom. The van der Waals surface area contributed by atoms with E-state index in [0.717, 1.165) is 20.8 Å². The first-order chi connectivity index (χ1) is 8.18. The first kappa shape index (κ1) is 12.5. The fraction of sp³-hybridized carbons (Fsp3) is 0.571. The summed E-state index contributed by atoms with van der Waals surface area (Å²) in [6.07, 6.45) is 5.59. The standard InChI is InChI=1S/C14H15Br2Cl/c15-8-5-6-12(16)11(7-8)14(17)13-9-3-1-2-4-10(9)13/h5-7,9-10,13-14H,1-4H2. The van der Waals surface area contributed by atoms with Gasteiger partial charge in [-0.1, -0.05) is 44.7 Å². The summed E-state index contributed by atoms with van der Waals surface area (Å²) in [7, 11) is 0. The van der Waals surface area contributed by atoms with Crippen LogP contribution in [-0.4, -0.2) is 0 Å². The van der Waals surface area contributed by atoms with Crippen molar-refractivity contribution < 1.29 is 0 Å². The Labute approximate surface area is 124 Å². The van der Waals surface area contributed by atoms with E-state index in [0.29, 0.717) is 5.92 Å². The van der Waals surface area contributed by atoms with Crippen LogP contribution in [0.4, 0.5) is 0 Å². The van der Waals surface area contributed by atoms with Crippen molar-refractivity contribution in [2.45, 2.75) is 31.1 Å². The molecule has 3 rings (SSSR count). The second-order valence-electron chi connectivity index (χ2n) is 5.26. The number of fused-ring (bicyclic) bond motifs is 1. The fourth-order valence-corrected chi connectivity index (χ4v) is 4.97. The molecule has 92 valence electrons. The number of benzene rings is 1. The van der Waals surface area contributed by atoms with Gasteiger partial charge in [0, 0.05) is 8.95 Å². The Bertz CT molecular complexity index is 420. The topological polar surface area (TPSA) is 0 Å². The minimum absolute atomic E-state index is 0.176. The van der Waals surface area contributed by atoms with Crippen molar-refractivity contribution in [3.63, 3.8) is 0 Å². The highest BCUT2D eigenvalue weighted by Gasteiger charge is 2.54. The summed E-state index contributed by atoms with van der Waals surface area (Å²) >= 11 is 13.9. The lowest BCUT2D eigenvalue weighted by Gasteiger charge is -2.12. The zero-order valence-corrected chi connectivity index (χ0v) is 13.4. The predicted molar refractivity (Wildman–Crippen MR) is 79.4 cm³/mol. The number of halogens is 3. The summed E-state index contributed by atoms with van der Waals surface area (Å²) in [6.45, 7) is 0. The molecule has 0 spiro atoms. The lowest BCUT2D eigenvalue weighted by atomic mass is 10.0. The molecule has 0 bridgehead atoms. The van der Waals surface area contributed by atoms with Crippen LogP contribution in [0.5, 0.6) is 0 Å². The van der Waals surface area contributed by atoms with Gasteiger partial charge in [0.15, 0.2) is 0 Å². The van der Waals surface area contributed by atoms with Crippen molar-refractivity contribution in [3.8, 4) is 0 Å². The summed E-state index contributed by atoms with van der Waals surface area (Å²) in [6, 6.07) is 6.30. The molecule has 3 heteroatoms. The van der Waals surface area contributed by atoms with Crippen molar-refractivity contribution in [3.05, 3.63) is 32.7 Å². The third kappa shape index (κ3) is 2.33. The molecule has 1 aromatic rings. The van der Waals surface area contributed by atoms with E-state index in [-0.39, 0.29) is 5.38 Å².